The number of aliphatic imine (C=N–C) groups is 1. The number of amides is 1. The van der Waals surface area contributed by atoms with E-state index in [1.807, 2.05) is 42.5 Å². The third-order valence-electron chi connectivity index (χ3n) is 4.03. The van der Waals surface area contributed by atoms with Crippen LogP contribution in [-0.2, 0) is 11.2 Å². The van der Waals surface area contributed by atoms with Crippen molar-refractivity contribution >= 4 is 17.8 Å². The van der Waals surface area contributed by atoms with Crippen molar-refractivity contribution in [3.63, 3.8) is 0 Å². The largest absolute Gasteiger partial charge is 0.497 e. The van der Waals surface area contributed by atoms with E-state index in [1.54, 1.807) is 20.3 Å². The first kappa shape index (κ1) is 16.8. The van der Waals surface area contributed by atoms with E-state index in [0.29, 0.717) is 11.5 Å². The van der Waals surface area contributed by atoms with Gasteiger partial charge in [-0.15, -0.1) is 0 Å². The average molecular weight is 336 g/mol. The summed E-state index contributed by atoms with van der Waals surface area (Å²) in [6.45, 7) is 2.07. The number of carbonyl (C=O) groups excluding carboxylic acids is 1. The van der Waals surface area contributed by atoms with E-state index in [0.717, 1.165) is 34.6 Å². The van der Waals surface area contributed by atoms with Crippen molar-refractivity contribution in [1.82, 2.24) is 5.32 Å². The second-order valence-electron chi connectivity index (χ2n) is 5.60. The second-order valence-corrected chi connectivity index (χ2v) is 5.60. The quantitative estimate of drug-likeness (QED) is 0.853. The molecule has 5 heteroatoms. The normalized spacial score (nSPS) is 15.1. The van der Waals surface area contributed by atoms with E-state index in [4.69, 9.17) is 9.47 Å². The molecule has 0 aliphatic carbocycles. The maximum Gasteiger partial charge on any atom is 0.275 e. The lowest BCUT2D eigenvalue weighted by Gasteiger charge is -2.07. The number of nitrogens with one attached hydrogen (secondary N) is 1. The number of benzene rings is 2. The Morgan fingerprint density at radius 2 is 1.96 bits per heavy atom. The van der Waals surface area contributed by atoms with Gasteiger partial charge in [-0.25, -0.2) is 4.99 Å². The minimum Gasteiger partial charge on any atom is -0.497 e. The monoisotopic (exact) mass is 336 g/mol. The van der Waals surface area contributed by atoms with Crippen LogP contribution in [0.25, 0.3) is 6.08 Å². The van der Waals surface area contributed by atoms with Crippen LogP contribution in [0.3, 0.4) is 0 Å². The molecule has 0 saturated heterocycles. The van der Waals surface area contributed by atoms with Crippen LogP contribution in [0.2, 0.25) is 0 Å². The van der Waals surface area contributed by atoms with Gasteiger partial charge in [-0.2, -0.15) is 0 Å². The number of hydrogen-bond donors (Lipinski definition) is 1. The molecule has 0 spiro atoms. The van der Waals surface area contributed by atoms with E-state index in [1.165, 1.54) is 0 Å². The molecule has 0 fully saturated rings. The predicted molar refractivity (Wildman–Crippen MR) is 98.0 cm³/mol. The van der Waals surface area contributed by atoms with Crippen LogP contribution in [0.4, 0.5) is 0 Å². The molecule has 0 unspecified atom stereocenters. The topological polar surface area (TPSA) is 59.9 Å². The SMILES string of the molecule is CCc1cc(/C=C2/N=C(c3cccc(OC)c3)NC2=O)ccc1OC. The lowest BCUT2D eigenvalue weighted by atomic mass is 10.1. The number of carbonyl (C=O) groups is 1. The van der Waals surface area contributed by atoms with Gasteiger partial charge in [0.05, 0.1) is 14.2 Å². The van der Waals surface area contributed by atoms with Crippen molar-refractivity contribution in [3.8, 4) is 11.5 Å². The third-order valence-corrected chi connectivity index (χ3v) is 4.03. The standard InChI is InChI=1S/C20H20N2O3/c1-4-14-10-13(8-9-18(14)25-3)11-17-20(23)22-19(21-17)15-6-5-7-16(12-15)24-2/h5-12H,4H2,1-3H3,(H,21,22,23)/b17-11+. The maximum atomic E-state index is 12.2. The Morgan fingerprint density at radius 3 is 2.68 bits per heavy atom. The Balaban J connectivity index is 1.93. The molecule has 1 aliphatic heterocycles. The van der Waals surface area contributed by atoms with Crippen molar-refractivity contribution in [1.29, 1.82) is 0 Å². The van der Waals surface area contributed by atoms with Crippen LogP contribution in [-0.4, -0.2) is 26.0 Å². The van der Waals surface area contributed by atoms with Crippen molar-refractivity contribution in [3.05, 3.63) is 64.9 Å². The number of ether oxygens (including phenoxy) is 2. The van der Waals surface area contributed by atoms with Gasteiger partial charge in [0.1, 0.15) is 23.0 Å². The van der Waals surface area contributed by atoms with Gasteiger partial charge in [0.15, 0.2) is 0 Å². The Kier molecular flexibility index (Phi) is 4.84. The first-order chi connectivity index (χ1) is 12.1. The molecule has 0 radical (unpaired) electrons. The highest BCUT2D eigenvalue weighted by atomic mass is 16.5. The fourth-order valence-electron chi connectivity index (χ4n) is 2.70. The van der Waals surface area contributed by atoms with Crippen LogP contribution < -0.4 is 14.8 Å². The van der Waals surface area contributed by atoms with Crippen LogP contribution in [0, 0.1) is 0 Å². The summed E-state index contributed by atoms with van der Waals surface area (Å²) < 4.78 is 10.6. The molecule has 2 aromatic rings. The molecule has 1 aliphatic rings. The third kappa shape index (κ3) is 3.55. The smallest absolute Gasteiger partial charge is 0.275 e. The Bertz CT molecular complexity index is 869. The minimum atomic E-state index is -0.216. The molecule has 5 nitrogen and oxygen atoms in total. The van der Waals surface area contributed by atoms with Gasteiger partial charge in [-0.3, -0.25) is 4.79 Å². The molecule has 0 aromatic heterocycles. The summed E-state index contributed by atoms with van der Waals surface area (Å²) >= 11 is 0. The molecule has 25 heavy (non-hydrogen) atoms. The summed E-state index contributed by atoms with van der Waals surface area (Å²) in [6, 6.07) is 13.3. The zero-order valence-corrected chi connectivity index (χ0v) is 14.5. The first-order valence-electron chi connectivity index (χ1n) is 8.07. The van der Waals surface area contributed by atoms with Gasteiger partial charge in [0.25, 0.3) is 5.91 Å². The Morgan fingerprint density at radius 1 is 1.12 bits per heavy atom. The molecular weight excluding hydrogens is 316 g/mol. The number of rotatable bonds is 5. The molecular formula is C20H20N2O3. The summed E-state index contributed by atoms with van der Waals surface area (Å²) in [5.41, 5.74) is 3.19. The van der Waals surface area contributed by atoms with Crippen molar-refractivity contribution < 1.29 is 14.3 Å². The van der Waals surface area contributed by atoms with E-state index in [9.17, 15) is 4.79 Å². The zero-order chi connectivity index (χ0) is 17.8. The van der Waals surface area contributed by atoms with E-state index in [2.05, 4.69) is 17.2 Å². The Labute approximate surface area is 147 Å². The highest BCUT2D eigenvalue weighted by molar-refractivity contribution is 6.19. The van der Waals surface area contributed by atoms with Gasteiger partial charge in [-0.05, 0) is 47.9 Å². The predicted octanol–water partition coefficient (Wildman–Crippen LogP) is 3.18. The maximum absolute atomic E-state index is 12.2. The van der Waals surface area contributed by atoms with Crippen LogP contribution >= 0.6 is 0 Å². The van der Waals surface area contributed by atoms with Crippen LogP contribution in [0.5, 0.6) is 11.5 Å². The number of amidine groups is 1. The lowest BCUT2D eigenvalue weighted by Crippen LogP contribution is -2.24. The molecule has 0 bridgehead atoms. The van der Waals surface area contributed by atoms with Crippen molar-refractivity contribution in [2.45, 2.75) is 13.3 Å². The first-order valence-corrected chi connectivity index (χ1v) is 8.07. The van der Waals surface area contributed by atoms with Crippen LogP contribution in [0.15, 0.2) is 53.2 Å². The minimum absolute atomic E-state index is 0.216. The average Bonchev–Trinajstić information content (AvgIpc) is 3.02. The van der Waals surface area contributed by atoms with E-state index < -0.39 is 0 Å². The van der Waals surface area contributed by atoms with Gasteiger partial charge < -0.3 is 14.8 Å². The number of aryl methyl sites for hydroxylation is 1. The number of methoxy groups -OCH3 is 2. The molecule has 1 amide bonds. The van der Waals surface area contributed by atoms with Gasteiger partial charge in [0.2, 0.25) is 0 Å². The summed E-state index contributed by atoms with van der Waals surface area (Å²) in [5, 5.41) is 2.81. The Hall–Kier alpha value is -3.08. The highest BCUT2D eigenvalue weighted by Gasteiger charge is 2.21. The van der Waals surface area contributed by atoms with Crippen LogP contribution in [0.1, 0.15) is 23.6 Å². The lowest BCUT2D eigenvalue weighted by molar-refractivity contribution is -0.115. The summed E-state index contributed by atoms with van der Waals surface area (Å²) in [4.78, 5) is 16.7. The molecule has 1 heterocycles. The van der Waals surface area contributed by atoms with Gasteiger partial charge >= 0.3 is 0 Å². The number of nitrogens with zero attached hydrogens (tertiary/aromatic N) is 1. The fraction of sp³-hybridized carbons (Fsp3) is 0.200. The van der Waals surface area contributed by atoms with E-state index in [-0.39, 0.29) is 5.91 Å². The molecule has 1 N–H and O–H groups in total. The summed E-state index contributed by atoms with van der Waals surface area (Å²) in [5.74, 6) is 1.88. The molecule has 3 rings (SSSR count). The fourth-order valence-corrected chi connectivity index (χ4v) is 2.70. The van der Waals surface area contributed by atoms with Crippen molar-refractivity contribution in [2.75, 3.05) is 14.2 Å². The molecule has 0 saturated carbocycles. The second kappa shape index (κ2) is 7.21. The molecule has 0 atom stereocenters. The molecule has 2 aromatic carbocycles. The summed E-state index contributed by atoms with van der Waals surface area (Å²) in [7, 11) is 3.26. The molecule has 128 valence electrons. The van der Waals surface area contributed by atoms with Crippen molar-refractivity contribution in [2.24, 2.45) is 4.99 Å². The summed E-state index contributed by atoms with van der Waals surface area (Å²) in [6.07, 6.45) is 2.63. The zero-order valence-electron chi connectivity index (χ0n) is 14.5. The van der Waals surface area contributed by atoms with E-state index >= 15 is 0 Å². The number of hydrogen-bond acceptors (Lipinski definition) is 4. The van der Waals surface area contributed by atoms with Gasteiger partial charge in [-0.1, -0.05) is 25.1 Å². The highest BCUT2D eigenvalue weighted by Crippen LogP contribution is 2.23. The van der Waals surface area contributed by atoms with Gasteiger partial charge in [0, 0.05) is 5.56 Å².